The molecule has 4 N–H and O–H groups in total. The fourth-order valence-electron chi connectivity index (χ4n) is 3.05. The maximum absolute atomic E-state index is 9.79. The third-order valence-corrected chi connectivity index (χ3v) is 5.11. The Hall–Kier alpha value is -1.33. The van der Waals surface area contributed by atoms with Crippen molar-refractivity contribution in [2.24, 2.45) is 0 Å². The number of hydrogen-bond acceptors (Lipinski definition) is 5. The average Bonchev–Trinajstić information content (AvgIpc) is 2.79. The molecule has 1 aliphatic rings. The highest BCUT2D eigenvalue weighted by Crippen LogP contribution is 2.35. The Labute approximate surface area is 123 Å². The van der Waals surface area contributed by atoms with Crippen molar-refractivity contribution in [3.05, 3.63) is 17.1 Å². The Morgan fingerprint density at radius 2 is 2.10 bits per heavy atom. The van der Waals surface area contributed by atoms with Crippen LogP contribution in [-0.2, 0) is 0 Å². The number of aromatic nitrogens is 1. The maximum atomic E-state index is 9.79. The quantitative estimate of drug-likeness (QED) is 0.759. The minimum atomic E-state index is -0.217. The van der Waals surface area contributed by atoms with Gasteiger partial charge < -0.3 is 16.2 Å². The van der Waals surface area contributed by atoms with Crippen molar-refractivity contribution in [2.75, 3.05) is 17.7 Å². The third kappa shape index (κ3) is 2.47. The van der Waals surface area contributed by atoms with E-state index in [1.54, 1.807) is 11.3 Å². The summed E-state index contributed by atoms with van der Waals surface area (Å²) in [6.45, 7) is 2.16. The number of aliphatic hydroxyl groups excluding tert-OH is 1. The van der Waals surface area contributed by atoms with Crippen LogP contribution in [0, 0.1) is 6.92 Å². The molecule has 1 saturated carbocycles. The minimum absolute atomic E-state index is 0.153. The highest BCUT2D eigenvalue weighted by Gasteiger charge is 2.31. The van der Waals surface area contributed by atoms with Crippen LogP contribution in [0.15, 0.2) is 12.1 Å². The summed E-state index contributed by atoms with van der Waals surface area (Å²) < 4.78 is 1.12. The lowest BCUT2D eigenvalue weighted by Crippen LogP contribution is -2.44. The van der Waals surface area contributed by atoms with E-state index in [1.807, 2.05) is 19.1 Å². The monoisotopic (exact) mass is 291 g/mol. The van der Waals surface area contributed by atoms with Crippen LogP contribution >= 0.6 is 11.3 Å². The first-order valence-electron chi connectivity index (χ1n) is 7.18. The molecule has 1 aromatic carbocycles. The summed E-state index contributed by atoms with van der Waals surface area (Å²) in [7, 11) is 0. The number of aliphatic hydroxyl groups is 1. The van der Waals surface area contributed by atoms with Crippen LogP contribution in [0.25, 0.3) is 10.2 Å². The first-order chi connectivity index (χ1) is 9.62. The number of nitrogens with one attached hydrogen (secondary N) is 1. The van der Waals surface area contributed by atoms with E-state index in [4.69, 9.17) is 5.73 Å². The standard InChI is InChI=1S/C15H21N3OS/c1-10-17-13-8-12(11(16)7-14(13)20-10)18-15(9-19)5-3-2-4-6-15/h7-8,18-19H,2-6,9,16H2,1H3. The number of rotatable bonds is 3. The summed E-state index contributed by atoms with van der Waals surface area (Å²) in [5.74, 6) is 0. The Balaban J connectivity index is 1.94. The number of fused-ring (bicyclic) bond motifs is 1. The Morgan fingerprint density at radius 3 is 2.80 bits per heavy atom. The molecule has 0 bridgehead atoms. The maximum Gasteiger partial charge on any atom is 0.0907 e. The van der Waals surface area contributed by atoms with Gasteiger partial charge in [0.25, 0.3) is 0 Å². The lowest BCUT2D eigenvalue weighted by atomic mass is 9.82. The van der Waals surface area contributed by atoms with Crippen LogP contribution in [0.1, 0.15) is 37.1 Å². The molecule has 0 atom stereocenters. The number of aryl methyl sites for hydroxylation is 1. The third-order valence-electron chi connectivity index (χ3n) is 4.18. The predicted octanol–water partition coefficient (Wildman–Crippen LogP) is 3.29. The second kappa shape index (κ2) is 5.22. The van der Waals surface area contributed by atoms with E-state index in [1.165, 1.54) is 6.42 Å². The van der Waals surface area contributed by atoms with Gasteiger partial charge >= 0.3 is 0 Å². The van der Waals surface area contributed by atoms with Gasteiger partial charge in [-0.05, 0) is 31.9 Å². The second-order valence-corrected chi connectivity index (χ2v) is 7.00. The fraction of sp³-hybridized carbons (Fsp3) is 0.533. The van der Waals surface area contributed by atoms with Crippen molar-refractivity contribution >= 4 is 32.9 Å². The molecular formula is C15H21N3OS. The molecule has 20 heavy (non-hydrogen) atoms. The Bertz CT molecular complexity index is 617. The zero-order chi connectivity index (χ0) is 14.2. The van der Waals surface area contributed by atoms with Gasteiger partial charge in [0.1, 0.15) is 0 Å². The first kappa shape index (κ1) is 13.6. The number of benzene rings is 1. The van der Waals surface area contributed by atoms with Crippen LogP contribution in [0.4, 0.5) is 11.4 Å². The molecule has 1 aliphatic carbocycles. The molecule has 4 nitrogen and oxygen atoms in total. The molecule has 108 valence electrons. The summed E-state index contributed by atoms with van der Waals surface area (Å²) in [5, 5.41) is 14.3. The topological polar surface area (TPSA) is 71.2 Å². The molecule has 0 unspecified atom stereocenters. The molecule has 0 amide bonds. The van der Waals surface area contributed by atoms with Crippen molar-refractivity contribution in [1.29, 1.82) is 0 Å². The largest absolute Gasteiger partial charge is 0.397 e. The van der Waals surface area contributed by atoms with E-state index in [-0.39, 0.29) is 12.1 Å². The zero-order valence-electron chi connectivity index (χ0n) is 11.8. The molecule has 1 aromatic heterocycles. The molecule has 3 rings (SSSR count). The van der Waals surface area contributed by atoms with Gasteiger partial charge in [-0.2, -0.15) is 0 Å². The van der Waals surface area contributed by atoms with Crippen LogP contribution in [-0.4, -0.2) is 22.2 Å². The van der Waals surface area contributed by atoms with Crippen molar-refractivity contribution in [3.63, 3.8) is 0 Å². The SMILES string of the molecule is Cc1nc2cc(NC3(CO)CCCCC3)c(N)cc2s1. The van der Waals surface area contributed by atoms with Crippen molar-refractivity contribution in [2.45, 2.75) is 44.6 Å². The molecule has 0 aliphatic heterocycles. The van der Waals surface area contributed by atoms with Crippen LogP contribution in [0.2, 0.25) is 0 Å². The fourth-order valence-corrected chi connectivity index (χ4v) is 3.91. The average molecular weight is 291 g/mol. The number of nitrogens with zero attached hydrogens (tertiary/aromatic N) is 1. The predicted molar refractivity (Wildman–Crippen MR) is 85.3 cm³/mol. The number of nitrogens with two attached hydrogens (primary N) is 1. The molecule has 5 heteroatoms. The molecule has 1 fully saturated rings. The smallest absolute Gasteiger partial charge is 0.0907 e. The van der Waals surface area contributed by atoms with Crippen LogP contribution in [0.3, 0.4) is 0 Å². The normalized spacial score (nSPS) is 18.3. The summed E-state index contributed by atoms with van der Waals surface area (Å²) in [4.78, 5) is 4.52. The van der Waals surface area contributed by atoms with E-state index >= 15 is 0 Å². The van der Waals surface area contributed by atoms with Gasteiger partial charge in [-0.25, -0.2) is 4.98 Å². The Kier molecular flexibility index (Phi) is 3.56. The lowest BCUT2D eigenvalue weighted by Gasteiger charge is -2.37. The first-order valence-corrected chi connectivity index (χ1v) is 7.99. The van der Waals surface area contributed by atoms with Gasteiger partial charge in [0.2, 0.25) is 0 Å². The molecule has 0 spiro atoms. The zero-order valence-corrected chi connectivity index (χ0v) is 12.6. The van der Waals surface area contributed by atoms with Crippen LogP contribution in [0.5, 0.6) is 0 Å². The van der Waals surface area contributed by atoms with E-state index in [2.05, 4.69) is 10.3 Å². The number of thiazole rings is 1. The Morgan fingerprint density at radius 1 is 1.35 bits per heavy atom. The molecule has 2 aromatic rings. The number of hydrogen-bond donors (Lipinski definition) is 3. The van der Waals surface area contributed by atoms with Gasteiger partial charge in [0, 0.05) is 0 Å². The van der Waals surface area contributed by atoms with E-state index < -0.39 is 0 Å². The summed E-state index contributed by atoms with van der Waals surface area (Å²) in [6.07, 6.45) is 5.56. The van der Waals surface area contributed by atoms with Crippen LogP contribution < -0.4 is 11.1 Å². The van der Waals surface area contributed by atoms with Gasteiger partial charge in [-0.1, -0.05) is 19.3 Å². The van der Waals surface area contributed by atoms with Gasteiger partial charge in [0.15, 0.2) is 0 Å². The molecule has 1 heterocycles. The minimum Gasteiger partial charge on any atom is -0.397 e. The van der Waals surface area contributed by atoms with Gasteiger partial charge in [-0.3, -0.25) is 0 Å². The summed E-state index contributed by atoms with van der Waals surface area (Å²) >= 11 is 1.66. The van der Waals surface area contributed by atoms with E-state index in [0.717, 1.165) is 52.3 Å². The molecule has 0 radical (unpaired) electrons. The van der Waals surface area contributed by atoms with Crippen molar-refractivity contribution < 1.29 is 5.11 Å². The molecule has 0 saturated heterocycles. The highest BCUT2D eigenvalue weighted by atomic mass is 32.1. The lowest BCUT2D eigenvalue weighted by molar-refractivity contribution is 0.173. The summed E-state index contributed by atoms with van der Waals surface area (Å²) in [6, 6.07) is 4.00. The number of anilines is 2. The van der Waals surface area contributed by atoms with E-state index in [9.17, 15) is 5.11 Å². The summed E-state index contributed by atoms with van der Waals surface area (Å²) in [5.41, 5.74) is 8.56. The van der Waals surface area contributed by atoms with Gasteiger partial charge in [0.05, 0.1) is 38.7 Å². The highest BCUT2D eigenvalue weighted by molar-refractivity contribution is 7.18. The van der Waals surface area contributed by atoms with E-state index in [0.29, 0.717) is 0 Å². The number of nitrogen functional groups attached to an aromatic ring is 1. The van der Waals surface area contributed by atoms with Gasteiger partial charge in [-0.15, -0.1) is 11.3 Å². The van der Waals surface area contributed by atoms with Crippen molar-refractivity contribution in [1.82, 2.24) is 4.98 Å². The van der Waals surface area contributed by atoms with Crippen molar-refractivity contribution in [3.8, 4) is 0 Å². The molecular weight excluding hydrogens is 270 g/mol. The second-order valence-electron chi connectivity index (χ2n) is 5.76.